The van der Waals surface area contributed by atoms with Crippen LogP contribution in [0.15, 0.2) is 130 Å². The molecule has 4 bridgehead atoms. The van der Waals surface area contributed by atoms with Crippen molar-refractivity contribution in [1.82, 2.24) is 20.4 Å². The van der Waals surface area contributed by atoms with Crippen molar-refractivity contribution in [3.05, 3.63) is 153 Å². The van der Waals surface area contributed by atoms with E-state index in [0.717, 1.165) is 84.4 Å². The molecular weight excluding hydrogens is 1470 g/mol. The van der Waals surface area contributed by atoms with Crippen LogP contribution in [0.3, 0.4) is 0 Å². The molecule has 0 spiro atoms. The number of carbonyl (C=O) groups excluding carboxylic acids is 4. The van der Waals surface area contributed by atoms with Gasteiger partial charge in [0.15, 0.2) is 24.3 Å². The fourth-order valence-electron chi connectivity index (χ4n) is 13.9. The Morgan fingerprint density at radius 2 is 0.720 bits per heavy atom. The van der Waals surface area contributed by atoms with Crippen molar-refractivity contribution in [3.8, 4) is 11.5 Å². The topological polar surface area (TPSA) is 284 Å². The quantitative estimate of drug-likeness (QED) is 0.0419. The Morgan fingerprint density at radius 1 is 0.440 bits per heavy atom. The molecule has 6 aromatic rings. The molecule has 6 aliphatic rings. The third kappa shape index (κ3) is 18.7. The summed E-state index contributed by atoms with van der Waals surface area (Å²) in [4.78, 5) is 75.3. The van der Waals surface area contributed by atoms with E-state index in [4.69, 9.17) is 40.7 Å². The largest absolute Gasteiger partial charge is 0.490 e. The average Bonchev–Trinajstić information content (AvgIpc) is 1.44. The van der Waals surface area contributed by atoms with Crippen LogP contribution in [0.2, 0.25) is 0 Å². The number of halogens is 12. The van der Waals surface area contributed by atoms with E-state index in [-0.39, 0.29) is 59.6 Å². The van der Waals surface area contributed by atoms with Gasteiger partial charge in [-0.15, -0.1) is 0 Å². The minimum absolute atomic E-state index is 0.0957. The minimum atomic E-state index is -5.08. The number of nitrogens with zero attached hydrogens (tertiary/aromatic N) is 2. The molecule has 30 heteroatoms. The summed E-state index contributed by atoms with van der Waals surface area (Å²) in [5.41, 5.74) is 12.0. The van der Waals surface area contributed by atoms with Crippen LogP contribution in [-0.4, -0.2) is 139 Å². The number of aliphatic hydroxyl groups excluding tert-OH is 2. The molecule has 2 aliphatic carbocycles. The molecular formula is C70H74Br2F10N6O12. The van der Waals surface area contributed by atoms with E-state index in [9.17, 15) is 55.7 Å². The van der Waals surface area contributed by atoms with Gasteiger partial charge in [-0.1, -0.05) is 92.5 Å². The van der Waals surface area contributed by atoms with Crippen LogP contribution in [0.1, 0.15) is 137 Å². The second-order valence-corrected chi connectivity index (χ2v) is 27.7. The second kappa shape index (κ2) is 32.1. The summed E-state index contributed by atoms with van der Waals surface area (Å²) in [7, 11) is 0. The second-order valence-electron chi connectivity index (χ2n) is 25.9. The van der Waals surface area contributed by atoms with Crippen molar-refractivity contribution in [3.63, 3.8) is 0 Å². The molecule has 8 atom stereocenters. The lowest BCUT2D eigenvalue weighted by atomic mass is 9.94. The van der Waals surface area contributed by atoms with Gasteiger partial charge in [-0.25, -0.2) is 9.59 Å². The molecule has 4 amide bonds. The van der Waals surface area contributed by atoms with Gasteiger partial charge < -0.3 is 61.8 Å². The van der Waals surface area contributed by atoms with Gasteiger partial charge in [0.25, 0.3) is 23.6 Å². The maximum Gasteiger partial charge on any atom is 0.490 e. The lowest BCUT2D eigenvalue weighted by molar-refractivity contribution is -0.193. The van der Waals surface area contributed by atoms with E-state index in [2.05, 4.69) is 42.5 Å². The first kappa shape index (κ1) is 76.5. The molecule has 4 saturated heterocycles. The Balaban J connectivity index is 0.000000196. The van der Waals surface area contributed by atoms with Crippen molar-refractivity contribution in [2.45, 2.75) is 200 Å². The smallest absolute Gasteiger partial charge is 0.490 e. The van der Waals surface area contributed by atoms with Crippen LogP contribution in [0, 0.1) is 0 Å². The first-order chi connectivity index (χ1) is 47.1. The van der Waals surface area contributed by atoms with Gasteiger partial charge in [0.1, 0.15) is 11.5 Å². The SMILES string of the molecule is NC1CC2CCC(C1)N2C(=O)[C@@H](NC(=O)[C@H](O)c1ccc2cc(OC3CCCC3)ccc2c1)C(F)(F)c1ccc(Br)cc1.NC1CC2CCC(C1)N2C(=O)[C@H](NC(=O)[C@@H](O)c1ccc2cc(OC3CCCC3)ccc2c1)C(F)(F)c1ccc(Br)cc1.O=C(O)C(F)(F)F.O=C(O)C(F)(F)F. The fraction of sp³-hybridized carbons (Fsp3) is 0.457. The number of aliphatic hydroxyl groups is 2. The lowest BCUT2D eigenvalue weighted by Crippen LogP contribution is -2.61. The number of nitrogens with one attached hydrogen (secondary N) is 2. The van der Waals surface area contributed by atoms with Crippen molar-refractivity contribution < 1.29 is 103 Å². The summed E-state index contributed by atoms with van der Waals surface area (Å²) in [5.74, 6) is -15.4. The van der Waals surface area contributed by atoms with Gasteiger partial charge >= 0.3 is 36.1 Å². The number of benzene rings is 6. The van der Waals surface area contributed by atoms with E-state index < -0.39 is 95.2 Å². The zero-order valence-electron chi connectivity index (χ0n) is 53.4. The number of hydrogen-bond acceptors (Lipinski definition) is 12. The van der Waals surface area contributed by atoms with E-state index in [0.29, 0.717) is 60.3 Å². The summed E-state index contributed by atoms with van der Waals surface area (Å²) in [6.45, 7) is 0. The van der Waals surface area contributed by atoms with Gasteiger partial charge in [0.2, 0.25) is 0 Å². The molecule has 4 aliphatic heterocycles. The number of ether oxygens (including phenoxy) is 2. The molecule has 6 aromatic carbocycles. The number of hydrogen-bond donors (Lipinski definition) is 8. The van der Waals surface area contributed by atoms with Gasteiger partial charge in [-0.05, 0) is 196 Å². The Hall–Kier alpha value is -7.64. The van der Waals surface area contributed by atoms with E-state index in [1.807, 2.05) is 36.4 Å². The molecule has 2 saturated carbocycles. The Morgan fingerprint density at radius 3 is 1.01 bits per heavy atom. The summed E-state index contributed by atoms with van der Waals surface area (Å²) in [6.07, 6.45) is 0.375. The molecule has 6 fully saturated rings. The number of carboxylic acid groups (broad SMARTS) is 2. The fourth-order valence-corrected chi connectivity index (χ4v) is 14.4. The maximum absolute atomic E-state index is 16.1. The van der Waals surface area contributed by atoms with Gasteiger partial charge in [-0.2, -0.15) is 43.9 Å². The summed E-state index contributed by atoms with van der Waals surface area (Å²) < 4.78 is 141. The van der Waals surface area contributed by atoms with E-state index >= 15 is 17.6 Å². The predicted octanol–water partition coefficient (Wildman–Crippen LogP) is 12.7. The number of amides is 4. The maximum atomic E-state index is 16.1. The normalized spacial score (nSPS) is 22.0. The first-order valence-corrected chi connectivity index (χ1v) is 34.1. The lowest BCUT2D eigenvalue weighted by Gasteiger charge is -2.41. The summed E-state index contributed by atoms with van der Waals surface area (Å²) in [6, 6.07) is 26.3. The van der Waals surface area contributed by atoms with Crippen molar-refractivity contribution in [1.29, 1.82) is 0 Å². The standard InChI is InChI=1S/2C33H36BrF2N3O4.2C2HF3O2/c2*34-23-10-8-22(9-11-23)33(35,36)30(32(42)39-25-12-13-26(39)18-24(37)17-25)38-31(41)29(40)21-6-5-20-16-28(14-7-19(20)15-21)43-27-3-1-2-4-27;2*3-2(4,5)1(6)7/h2*5-11,14-16,24-27,29-30,40H,1-4,12-13,17-18,37H2,(H,38,41);2*(H,6,7)/t2*24?,25?,26?,29-,30-;;/m10../s1. The highest BCUT2D eigenvalue weighted by Crippen LogP contribution is 2.43. The molecule has 18 nitrogen and oxygen atoms in total. The van der Waals surface area contributed by atoms with Crippen LogP contribution in [0.25, 0.3) is 21.5 Å². The zero-order valence-corrected chi connectivity index (χ0v) is 56.6. The Labute approximate surface area is 584 Å². The Bertz CT molecular complexity index is 3630. The van der Waals surface area contributed by atoms with Crippen LogP contribution in [0.4, 0.5) is 43.9 Å². The van der Waals surface area contributed by atoms with Crippen LogP contribution in [0.5, 0.6) is 11.5 Å². The van der Waals surface area contributed by atoms with E-state index in [1.165, 1.54) is 58.3 Å². The zero-order chi connectivity index (χ0) is 72.8. The van der Waals surface area contributed by atoms with Crippen molar-refractivity contribution >= 4 is 89.0 Å². The summed E-state index contributed by atoms with van der Waals surface area (Å²) >= 11 is 6.51. The number of aliphatic carboxylic acids is 2. The summed E-state index contributed by atoms with van der Waals surface area (Å²) in [5, 5.41) is 44.1. The molecule has 540 valence electrons. The molecule has 4 unspecified atom stereocenters. The molecule has 4 heterocycles. The van der Waals surface area contributed by atoms with Crippen LogP contribution in [-0.2, 0) is 40.6 Å². The van der Waals surface area contributed by atoms with Gasteiger partial charge in [0.05, 0.1) is 12.2 Å². The molecule has 10 N–H and O–H groups in total. The number of carboxylic acids is 2. The van der Waals surface area contributed by atoms with Crippen LogP contribution >= 0.6 is 31.9 Å². The number of alkyl halides is 10. The number of piperidine rings is 2. The number of nitrogens with two attached hydrogens (primary N) is 2. The van der Waals surface area contributed by atoms with Gasteiger partial charge in [0, 0.05) is 56.3 Å². The van der Waals surface area contributed by atoms with E-state index in [1.54, 1.807) is 36.4 Å². The minimum Gasteiger partial charge on any atom is -0.490 e. The van der Waals surface area contributed by atoms with Crippen molar-refractivity contribution in [2.24, 2.45) is 11.5 Å². The average molecular weight is 1540 g/mol. The van der Waals surface area contributed by atoms with Gasteiger partial charge in [-0.3, -0.25) is 19.2 Å². The number of rotatable bonds is 16. The third-order valence-corrected chi connectivity index (χ3v) is 19.9. The molecule has 100 heavy (non-hydrogen) atoms. The third-order valence-electron chi connectivity index (χ3n) is 18.8. The monoisotopic (exact) mass is 1540 g/mol. The molecule has 12 rings (SSSR count). The van der Waals surface area contributed by atoms with Crippen LogP contribution < -0.4 is 31.6 Å². The molecule has 0 radical (unpaired) electrons. The highest BCUT2D eigenvalue weighted by molar-refractivity contribution is 9.10. The number of fused-ring (bicyclic) bond motifs is 6. The highest BCUT2D eigenvalue weighted by Gasteiger charge is 2.55. The Kier molecular flexibility index (Phi) is 24.6. The highest BCUT2D eigenvalue weighted by atomic mass is 79.9. The first-order valence-electron chi connectivity index (χ1n) is 32.5. The predicted molar refractivity (Wildman–Crippen MR) is 353 cm³/mol. The molecule has 0 aromatic heterocycles. The van der Waals surface area contributed by atoms with Crippen molar-refractivity contribution in [2.75, 3.05) is 0 Å². The number of carbonyl (C=O) groups is 6.